The van der Waals surface area contributed by atoms with Crippen LogP contribution in [0.3, 0.4) is 0 Å². The Morgan fingerprint density at radius 1 is 0.938 bits per heavy atom. The molecule has 1 heterocycles. The molecule has 0 radical (unpaired) electrons. The first-order valence-electron chi connectivity index (χ1n) is 4.87. The molecule has 3 rings (SSSR count). The minimum absolute atomic E-state index is 0.277. The summed E-state index contributed by atoms with van der Waals surface area (Å²) in [5.41, 5.74) is 0.0137. The summed E-state index contributed by atoms with van der Waals surface area (Å²) >= 11 is 0. The zero-order chi connectivity index (χ0) is 11.1. The topological polar surface area (TPSA) is 30.2 Å². The van der Waals surface area contributed by atoms with E-state index in [4.69, 9.17) is 4.42 Å². The summed E-state index contributed by atoms with van der Waals surface area (Å²) in [7, 11) is 0. The summed E-state index contributed by atoms with van der Waals surface area (Å²) in [5, 5.41) is 1.81. The Bertz CT molecular complexity index is 744. The predicted octanol–water partition coefficient (Wildman–Crippen LogP) is 3.09. The molecule has 0 aliphatic heterocycles. The SMILES string of the molecule is O=c1oc2ccccc2c2ccc(F)cc12. The molecule has 1 aromatic heterocycles. The molecule has 3 aromatic rings. The van der Waals surface area contributed by atoms with Crippen LogP contribution in [0.25, 0.3) is 21.7 Å². The maximum absolute atomic E-state index is 13.0. The molecule has 78 valence electrons. The van der Waals surface area contributed by atoms with Gasteiger partial charge in [-0.3, -0.25) is 0 Å². The second-order valence-corrected chi connectivity index (χ2v) is 3.58. The molecule has 0 aliphatic carbocycles. The summed E-state index contributed by atoms with van der Waals surface area (Å²) in [6, 6.07) is 11.4. The summed E-state index contributed by atoms with van der Waals surface area (Å²) in [5.74, 6) is -0.435. The smallest absolute Gasteiger partial charge is 0.344 e. The van der Waals surface area contributed by atoms with E-state index >= 15 is 0 Å². The van der Waals surface area contributed by atoms with Gasteiger partial charge in [0, 0.05) is 10.8 Å². The van der Waals surface area contributed by atoms with E-state index in [9.17, 15) is 9.18 Å². The molecule has 0 fully saturated rings. The Labute approximate surface area is 89.9 Å². The third-order valence-electron chi connectivity index (χ3n) is 2.58. The van der Waals surface area contributed by atoms with Gasteiger partial charge in [-0.25, -0.2) is 9.18 Å². The molecule has 16 heavy (non-hydrogen) atoms. The molecule has 3 heteroatoms. The van der Waals surface area contributed by atoms with Crippen molar-refractivity contribution >= 4 is 21.7 Å². The quantitative estimate of drug-likeness (QED) is 0.425. The molecule has 0 atom stereocenters. The highest BCUT2D eigenvalue weighted by molar-refractivity contribution is 6.04. The number of para-hydroxylation sites is 1. The van der Waals surface area contributed by atoms with E-state index in [0.717, 1.165) is 5.39 Å². The minimum atomic E-state index is -0.506. The highest BCUT2D eigenvalue weighted by Gasteiger charge is 2.06. The van der Waals surface area contributed by atoms with E-state index in [1.54, 1.807) is 18.2 Å². The molecule has 0 spiro atoms. The highest BCUT2D eigenvalue weighted by Crippen LogP contribution is 2.22. The Kier molecular flexibility index (Phi) is 1.80. The van der Waals surface area contributed by atoms with E-state index in [0.29, 0.717) is 11.0 Å². The Balaban J connectivity index is 2.65. The molecular weight excluding hydrogens is 207 g/mol. The zero-order valence-electron chi connectivity index (χ0n) is 8.24. The van der Waals surface area contributed by atoms with Crippen LogP contribution in [0.1, 0.15) is 0 Å². The Hall–Kier alpha value is -2.16. The van der Waals surface area contributed by atoms with Gasteiger partial charge in [0.1, 0.15) is 11.4 Å². The van der Waals surface area contributed by atoms with Crippen LogP contribution in [-0.4, -0.2) is 0 Å². The van der Waals surface area contributed by atoms with Crippen molar-refractivity contribution in [1.29, 1.82) is 0 Å². The molecule has 0 saturated heterocycles. The fourth-order valence-electron chi connectivity index (χ4n) is 1.85. The number of rotatable bonds is 0. The maximum Gasteiger partial charge on any atom is 0.344 e. The lowest BCUT2D eigenvalue weighted by Crippen LogP contribution is -1.99. The van der Waals surface area contributed by atoms with Crippen LogP contribution < -0.4 is 5.63 Å². The van der Waals surface area contributed by atoms with Crippen LogP contribution in [0, 0.1) is 5.82 Å². The van der Waals surface area contributed by atoms with E-state index in [1.165, 1.54) is 12.1 Å². The number of halogens is 1. The van der Waals surface area contributed by atoms with Crippen molar-refractivity contribution in [2.45, 2.75) is 0 Å². The van der Waals surface area contributed by atoms with Crippen molar-refractivity contribution in [3.63, 3.8) is 0 Å². The average Bonchev–Trinajstić information content (AvgIpc) is 2.29. The number of benzene rings is 2. The second-order valence-electron chi connectivity index (χ2n) is 3.58. The van der Waals surface area contributed by atoms with Gasteiger partial charge in [0.25, 0.3) is 0 Å². The third kappa shape index (κ3) is 1.21. The molecular formula is C13H7FO2. The van der Waals surface area contributed by atoms with E-state index in [1.807, 2.05) is 12.1 Å². The van der Waals surface area contributed by atoms with Gasteiger partial charge in [-0.05, 0) is 18.2 Å². The monoisotopic (exact) mass is 214 g/mol. The average molecular weight is 214 g/mol. The van der Waals surface area contributed by atoms with Gasteiger partial charge in [-0.1, -0.05) is 24.3 Å². The van der Waals surface area contributed by atoms with Crippen molar-refractivity contribution in [3.8, 4) is 0 Å². The van der Waals surface area contributed by atoms with E-state index < -0.39 is 11.4 Å². The Morgan fingerprint density at radius 2 is 1.75 bits per heavy atom. The largest absolute Gasteiger partial charge is 0.422 e. The molecule has 0 amide bonds. The van der Waals surface area contributed by atoms with Gasteiger partial charge in [-0.15, -0.1) is 0 Å². The summed E-state index contributed by atoms with van der Waals surface area (Å²) in [6.07, 6.45) is 0. The van der Waals surface area contributed by atoms with Gasteiger partial charge in [0.15, 0.2) is 0 Å². The summed E-state index contributed by atoms with van der Waals surface area (Å²) in [6.45, 7) is 0. The summed E-state index contributed by atoms with van der Waals surface area (Å²) in [4.78, 5) is 11.6. The van der Waals surface area contributed by atoms with Crippen LogP contribution in [-0.2, 0) is 0 Å². The van der Waals surface area contributed by atoms with Gasteiger partial charge < -0.3 is 4.42 Å². The molecule has 2 nitrogen and oxygen atoms in total. The predicted molar refractivity (Wildman–Crippen MR) is 59.9 cm³/mol. The standard InChI is InChI=1S/C13H7FO2/c14-8-5-6-9-10-3-1-2-4-12(10)16-13(15)11(9)7-8/h1-7H. The van der Waals surface area contributed by atoms with E-state index in [2.05, 4.69) is 0 Å². The second kappa shape index (κ2) is 3.17. The lowest BCUT2D eigenvalue weighted by atomic mass is 10.1. The van der Waals surface area contributed by atoms with Gasteiger partial charge in [0.2, 0.25) is 0 Å². The first-order valence-corrected chi connectivity index (χ1v) is 4.87. The fraction of sp³-hybridized carbons (Fsp3) is 0. The van der Waals surface area contributed by atoms with Crippen molar-refractivity contribution in [1.82, 2.24) is 0 Å². The van der Waals surface area contributed by atoms with Gasteiger partial charge in [-0.2, -0.15) is 0 Å². The lowest BCUT2D eigenvalue weighted by Gasteiger charge is -2.01. The van der Waals surface area contributed by atoms with Crippen LogP contribution in [0.4, 0.5) is 4.39 Å². The van der Waals surface area contributed by atoms with Gasteiger partial charge >= 0.3 is 5.63 Å². The van der Waals surface area contributed by atoms with Crippen LogP contribution >= 0.6 is 0 Å². The van der Waals surface area contributed by atoms with Crippen LogP contribution in [0.15, 0.2) is 51.7 Å². The van der Waals surface area contributed by atoms with Crippen molar-refractivity contribution < 1.29 is 8.81 Å². The molecule has 0 saturated carbocycles. The van der Waals surface area contributed by atoms with E-state index in [-0.39, 0.29) is 5.39 Å². The molecule has 0 N–H and O–H groups in total. The van der Waals surface area contributed by atoms with Crippen molar-refractivity contribution in [3.05, 3.63) is 58.7 Å². The molecule has 0 aliphatic rings. The molecule has 0 bridgehead atoms. The third-order valence-corrected chi connectivity index (χ3v) is 2.58. The van der Waals surface area contributed by atoms with Crippen LogP contribution in [0.5, 0.6) is 0 Å². The Morgan fingerprint density at radius 3 is 2.62 bits per heavy atom. The highest BCUT2D eigenvalue weighted by atomic mass is 19.1. The van der Waals surface area contributed by atoms with Crippen LogP contribution in [0.2, 0.25) is 0 Å². The van der Waals surface area contributed by atoms with Gasteiger partial charge in [0.05, 0.1) is 5.39 Å². The first-order chi connectivity index (χ1) is 7.75. The normalized spacial score (nSPS) is 11.1. The zero-order valence-corrected chi connectivity index (χ0v) is 8.24. The lowest BCUT2D eigenvalue weighted by molar-refractivity contribution is 0.568. The maximum atomic E-state index is 13.0. The number of fused-ring (bicyclic) bond motifs is 3. The number of hydrogen-bond donors (Lipinski definition) is 0. The van der Waals surface area contributed by atoms with Crippen molar-refractivity contribution in [2.75, 3.05) is 0 Å². The molecule has 0 unspecified atom stereocenters. The van der Waals surface area contributed by atoms with Crippen molar-refractivity contribution in [2.24, 2.45) is 0 Å². The number of hydrogen-bond acceptors (Lipinski definition) is 2. The summed E-state index contributed by atoms with van der Waals surface area (Å²) < 4.78 is 18.1. The molecule has 2 aromatic carbocycles. The minimum Gasteiger partial charge on any atom is -0.422 e. The first kappa shape index (κ1) is 9.09. The fourth-order valence-corrected chi connectivity index (χ4v) is 1.85.